The Bertz CT molecular complexity index is 352. The number of nitrogens with zero attached hydrogens (tertiary/aromatic N) is 1. The predicted octanol–water partition coefficient (Wildman–Crippen LogP) is 3.20. The van der Waals surface area contributed by atoms with Crippen LogP contribution in [0.25, 0.3) is 0 Å². The van der Waals surface area contributed by atoms with E-state index in [0.717, 1.165) is 11.0 Å². The van der Waals surface area contributed by atoms with E-state index in [-0.39, 0.29) is 6.42 Å². The number of hydrogen-bond donors (Lipinski definition) is 1. The Hall–Kier alpha value is -0.390. The first-order chi connectivity index (χ1) is 7.49. The molecule has 1 N–H and O–H groups in total. The van der Waals surface area contributed by atoms with Crippen molar-refractivity contribution in [3.05, 3.63) is 20.8 Å². The molecule has 0 aromatic carbocycles. The van der Waals surface area contributed by atoms with E-state index in [1.54, 1.807) is 11.3 Å². The van der Waals surface area contributed by atoms with Crippen LogP contribution in [0.5, 0.6) is 0 Å². The molecule has 0 aliphatic heterocycles. The Morgan fingerprint density at radius 1 is 1.62 bits per heavy atom. The van der Waals surface area contributed by atoms with Crippen LogP contribution in [0.3, 0.4) is 0 Å². The van der Waals surface area contributed by atoms with Gasteiger partial charge in [0, 0.05) is 33.9 Å². The van der Waals surface area contributed by atoms with Gasteiger partial charge in [0.15, 0.2) is 0 Å². The zero-order valence-electron chi connectivity index (χ0n) is 9.44. The molecule has 1 rings (SSSR count). The van der Waals surface area contributed by atoms with Gasteiger partial charge in [-0.25, -0.2) is 0 Å². The minimum atomic E-state index is -0.738. The smallest absolute Gasteiger partial charge is 0.304 e. The molecule has 90 valence electrons. The number of hydrogen-bond acceptors (Lipinski definition) is 3. The SMILES string of the molecule is CC(C)N(CCC(=O)O)Cc1cc(Br)cs1. The maximum absolute atomic E-state index is 10.6. The fraction of sp³-hybridized carbons (Fsp3) is 0.545. The molecular weight excluding hydrogens is 290 g/mol. The molecule has 1 aromatic rings. The zero-order valence-corrected chi connectivity index (χ0v) is 11.8. The Morgan fingerprint density at radius 2 is 2.31 bits per heavy atom. The first-order valence-corrected chi connectivity index (χ1v) is 6.85. The Kier molecular flexibility index (Phi) is 5.44. The maximum Gasteiger partial charge on any atom is 0.304 e. The van der Waals surface area contributed by atoms with Crippen LogP contribution in [0, 0.1) is 0 Å². The Labute approximate surface area is 108 Å². The molecule has 0 radical (unpaired) electrons. The summed E-state index contributed by atoms with van der Waals surface area (Å²) in [7, 11) is 0. The van der Waals surface area contributed by atoms with Crippen molar-refractivity contribution in [1.29, 1.82) is 0 Å². The van der Waals surface area contributed by atoms with Gasteiger partial charge in [-0.2, -0.15) is 0 Å². The van der Waals surface area contributed by atoms with E-state index in [2.05, 4.69) is 40.7 Å². The molecule has 16 heavy (non-hydrogen) atoms. The standard InChI is InChI=1S/C11H16BrNO2S/c1-8(2)13(4-3-11(14)15)6-10-5-9(12)7-16-10/h5,7-8H,3-4,6H2,1-2H3,(H,14,15). The summed E-state index contributed by atoms with van der Waals surface area (Å²) < 4.78 is 1.09. The molecule has 0 saturated carbocycles. The van der Waals surface area contributed by atoms with Crippen molar-refractivity contribution in [2.75, 3.05) is 6.54 Å². The van der Waals surface area contributed by atoms with E-state index in [4.69, 9.17) is 5.11 Å². The lowest BCUT2D eigenvalue weighted by Gasteiger charge is -2.25. The molecule has 1 heterocycles. The third-order valence-corrected chi connectivity index (χ3v) is 4.01. The summed E-state index contributed by atoms with van der Waals surface area (Å²) in [6, 6.07) is 2.45. The average Bonchev–Trinajstić information content (AvgIpc) is 2.57. The summed E-state index contributed by atoms with van der Waals surface area (Å²) in [5.74, 6) is -0.738. The molecular formula is C11H16BrNO2S. The number of rotatable bonds is 6. The molecule has 0 amide bonds. The van der Waals surface area contributed by atoms with Gasteiger partial charge >= 0.3 is 5.97 Å². The first-order valence-electron chi connectivity index (χ1n) is 5.18. The Balaban J connectivity index is 2.54. The normalized spacial score (nSPS) is 11.3. The highest BCUT2D eigenvalue weighted by Gasteiger charge is 2.12. The van der Waals surface area contributed by atoms with Crippen molar-refractivity contribution >= 4 is 33.2 Å². The topological polar surface area (TPSA) is 40.5 Å². The van der Waals surface area contributed by atoms with Gasteiger partial charge < -0.3 is 5.11 Å². The van der Waals surface area contributed by atoms with E-state index < -0.39 is 5.97 Å². The van der Waals surface area contributed by atoms with E-state index in [0.29, 0.717) is 12.6 Å². The number of aliphatic carboxylic acids is 1. The van der Waals surface area contributed by atoms with Gasteiger partial charge in [0.05, 0.1) is 6.42 Å². The van der Waals surface area contributed by atoms with Gasteiger partial charge in [0.2, 0.25) is 0 Å². The summed E-state index contributed by atoms with van der Waals surface area (Å²) in [5.41, 5.74) is 0. The lowest BCUT2D eigenvalue weighted by atomic mass is 10.2. The molecule has 0 bridgehead atoms. The van der Waals surface area contributed by atoms with Crippen LogP contribution in [0.2, 0.25) is 0 Å². The van der Waals surface area contributed by atoms with E-state index in [1.807, 2.05) is 5.38 Å². The maximum atomic E-state index is 10.6. The molecule has 0 fully saturated rings. The van der Waals surface area contributed by atoms with Gasteiger partial charge in [0.25, 0.3) is 0 Å². The second-order valence-corrected chi connectivity index (χ2v) is 5.85. The van der Waals surface area contributed by atoms with Crippen LogP contribution in [-0.2, 0) is 11.3 Å². The van der Waals surface area contributed by atoms with E-state index in [1.165, 1.54) is 4.88 Å². The highest BCUT2D eigenvalue weighted by molar-refractivity contribution is 9.10. The molecule has 0 saturated heterocycles. The van der Waals surface area contributed by atoms with Crippen molar-refractivity contribution < 1.29 is 9.90 Å². The molecule has 0 aliphatic carbocycles. The monoisotopic (exact) mass is 305 g/mol. The number of halogens is 1. The molecule has 0 aliphatic rings. The molecule has 0 unspecified atom stereocenters. The molecule has 3 nitrogen and oxygen atoms in total. The van der Waals surface area contributed by atoms with Crippen molar-refractivity contribution in [2.24, 2.45) is 0 Å². The number of carboxylic acids is 1. The lowest BCUT2D eigenvalue weighted by molar-refractivity contribution is -0.137. The van der Waals surface area contributed by atoms with Crippen molar-refractivity contribution in [3.63, 3.8) is 0 Å². The minimum Gasteiger partial charge on any atom is -0.481 e. The fourth-order valence-electron chi connectivity index (χ4n) is 1.40. The van der Waals surface area contributed by atoms with Gasteiger partial charge in [-0.3, -0.25) is 9.69 Å². The third-order valence-electron chi connectivity index (χ3n) is 2.32. The number of carboxylic acid groups (broad SMARTS) is 1. The van der Waals surface area contributed by atoms with Crippen LogP contribution in [-0.4, -0.2) is 28.6 Å². The van der Waals surface area contributed by atoms with E-state index >= 15 is 0 Å². The predicted molar refractivity (Wildman–Crippen MR) is 69.8 cm³/mol. The van der Waals surface area contributed by atoms with Crippen LogP contribution in [0.4, 0.5) is 0 Å². The van der Waals surface area contributed by atoms with Crippen molar-refractivity contribution in [3.8, 4) is 0 Å². The lowest BCUT2D eigenvalue weighted by Crippen LogP contribution is -2.32. The summed E-state index contributed by atoms with van der Waals surface area (Å²) >= 11 is 5.11. The van der Waals surface area contributed by atoms with Crippen LogP contribution < -0.4 is 0 Å². The minimum absolute atomic E-state index is 0.199. The van der Waals surface area contributed by atoms with Crippen LogP contribution in [0.1, 0.15) is 25.1 Å². The molecule has 5 heteroatoms. The quantitative estimate of drug-likeness (QED) is 0.877. The van der Waals surface area contributed by atoms with Crippen LogP contribution >= 0.6 is 27.3 Å². The van der Waals surface area contributed by atoms with Crippen molar-refractivity contribution in [1.82, 2.24) is 4.90 Å². The second-order valence-electron chi connectivity index (χ2n) is 3.94. The van der Waals surface area contributed by atoms with Crippen molar-refractivity contribution in [2.45, 2.75) is 32.9 Å². The van der Waals surface area contributed by atoms with Gasteiger partial charge in [-0.15, -0.1) is 11.3 Å². The third kappa shape index (κ3) is 4.63. The fourth-order valence-corrected chi connectivity index (χ4v) is 2.87. The molecule has 0 spiro atoms. The summed E-state index contributed by atoms with van der Waals surface area (Å²) in [4.78, 5) is 14.0. The van der Waals surface area contributed by atoms with Gasteiger partial charge in [0.1, 0.15) is 0 Å². The van der Waals surface area contributed by atoms with Gasteiger partial charge in [-0.05, 0) is 35.8 Å². The second kappa shape index (κ2) is 6.37. The van der Waals surface area contributed by atoms with Gasteiger partial charge in [-0.1, -0.05) is 0 Å². The highest BCUT2D eigenvalue weighted by Crippen LogP contribution is 2.21. The summed E-state index contributed by atoms with van der Waals surface area (Å²) in [5, 5.41) is 10.7. The Morgan fingerprint density at radius 3 is 2.75 bits per heavy atom. The zero-order chi connectivity index (χ0) is 12.1. The first kappa shape index (κ1) is 13.7. The number of thiophene rings is 1. The van der Waals surface area contributed by atoms with Crippen LogP contribution in [0.15, 0.2) is 15.9 Å². The molecule has 1 aromatic heterocycles. The number of carbonyl (C=O) groups is 1. The summed E-state index contributed by atoms with van der Waals surface area (Å²) in [6.45, 7) is 5.60. The summed E-state index contributed by atoms with van der Waals surface area (Å²) in [6.07, 6.45) is 0.199. The highest BCUT2D eigenvalue weighted by atomic mass is 79.9. The van der Waals surface area contributed by atoms with E-state index in [9.17, 15) is 4.79 Å². The largest absolute Gasteiger partial charge is 0.481 e. The molecule has 0 atom stereocenters. The average molecular weight is 306 g/mol.